The van der Waals surface area contributed by atoms with Crippen molar-refractivity contribution in [1.29, 1.82) is 0 Å². The number of nitrogens with two attached hydrogens (primary N) is 1. The summed E-state index contributed by atoms with van der Waals surface area (Å²) in [5, 5.41) is 0.544. The zero-order valence-electron chi connectivity index (χ0n) is 9.28. The van der Waals surface area contributed by atoms with Crippen LogP contribution in [-0.4, -0.2) is 16.7 Å². The number of hydrogen-bond acceptors (Lipinski definition) is 3. The van der Waals surface area contributed by atoms with Gasteiger partial charge in [-0.15, -0.1) is 0 Å². The van der Waals surface area contributed by atoms with Crippen LogP contribution in [0.1, 0.15) is 24.8 Å². The zero-order chi connectivity index (χ0) is 12.4. The van der Waals surface area contributed by atoms with Crippen LogP contribution in [0.25, 0.3) is 0 Å². The largest absolute Gasteiger partial charge is 0.398 e. The first-order chi connectivity index (χ1) is 8.08. The normalized spacial score (nSPS) is 16.4. The standard InChI is InChI=1S/C12H13ClN2O2/c13-9-5-4-8(10(14)6-9)7-15-11(16)2-1-3-12(15)17/h4-6H,1-3,7,14H2. The Morgan fingerprint density at radius 3 is 2.47 bits per heavy atom. The van der Waals surface area contributed by atoms with Gasteiger partial charge in [-0.25, -0.2) is 0 Å². The first-order valence-electron chi connectivity index (χ1n) is 5.45. The summed E-state index contributed by atoms with van der Waals surface area (Å²) in [6.45, 7) is 0.237. The van der Waals surface area contributed by atoms with Gasteiger partial charge in [0.1, 0.15) is 0 Å². The lowest BCUT2D eigenvalue weighted by atomic mass is 10.1. The molecule has 0 spiro atoms. The lowest BCUT2D eigenvalue weighted by Gasteiger charge is -2.25. The van der Waals surface area contributed by atoms with Gasteiger partial charge in [-0.3, -0.25) is 14.5 Å². The molecule has 0 bridgehead atoms. The first-order valence-corrected chi connectivity index (χ1v) is 5.83. The summed E-state index contributed by atoms with van der Waals surface area (Å²) in [5.41, 5.74) is 7.05. The summed E-state index contributed by atoms with van der Waals surface area (Å²) in [6, 6.07) is 5.06. The van der Waals surface area contributed by atoms with E-state index in [0.717, 1.165) is 5.56 Å². The summed E-state index contributed by atoms with van der Waals surface area (Å²) in [5.74, 6) is -0.258. The highest BCUT2D eigenvalue weighted by atomic mass is 35.5. The molecule has 2 N–H and O–H groups in total. The third-order valence-electron chi connectivity index (χ3n) is 2.82. The van der Waals surface area contributed by atoms with E-state index >= 15 is 0 Å². The quantitative estimate of drug-likeness (QED) is 0.646. The summed E-state index contributed by atoms with van der Waals surface area (Å²) in [6.07, 6.45) is 1.50. The summed E-state index contributed by atoms with van der Waals surface area (Å²) >= 11 is 5.79. The lowest BCUT2D eigenvalue weighted by molar-refractivity contribution is -0.148. The maximum Gasteiger partial charge on any atom is 0.229 e. The number of carbonyl (C=O) groups is 2. The van der Waals surface area contributed by atoms with Crippen molar-refractivity contribution < 1.29 is 9.59 Å². The average molecular weight is 253 g/mol. The molecule has 0 saturated carbocycles. The molecule has 2 rings (SSSR count). The third-order valence-corrected chi connectivity index (χ3v) is 3.05. The highest BCUT2D eigenvalue weighted by Gasteiger charge is 2.26. The summed E-state index contributed by atoms with van der Waals surface area (Å²) in [4.78, 5) is 24.5. The summed E-state index contributed by atoms with van der Waals surface area (Å²) in [7, 11) is 0. The molecule has 17 heavy (non-hydrogen) atoms. The van der Waals surface area contributed by atoms with Crippen LogP contribution in [0.5, 0.6) is 0 Å². The van der Waals surface area contributed by atoms with E-state index in [2.05, 4.69) is 0 Å². The molecule has 0 aromatic heterocycles. The Balaban J connectivity index is 2.19. The maximum absolute atomic E-state index is 11.6. The van der Waals surface area contributed by atoms with Crippen molar-refractivity contribution in [3.8, 4) is 0 Å². The molecule has 1 fully saturated rings. The van der Waals surface area contributed by atoms with Gasteiger partial charge in [-0.2, -0.15) is 0 Å². The van der Waals surface area contributed by atoms with E-state index < -0.39 is 0 Å². The predicted octanol–water partition coefficient (Wildman–Crippen LogP) is 1.96. The number of imide groups is 1. The lowest BCUT2D eigenvalue weighted by Crippen LogP contribution is -2.39. The molecule has 1 aliphatic rings. The molecule has 1 aliphatic heterocycles. The van der Waals surface area contributed by atoms with Gasteiger partial charge < -0.3 is 5.73 Å². The molecule has 1 aromatic carbocycles. The fraction of sp³-hybridized carbons (Fsp3) is 0.333. The van der Waals surface area contributed by atoms with E-state index in [1.807, 2.05) is 0 Å². The molecule has 90 valence electrons. The third kappa shape index (κ3) is 2.58. The Hall–Kier alpha value is -1.55. The Labute approximate surface area is 104 Å². The number of piperidine rings is 1. The van der Waals surface area contributed by atoms with Crippen molar-refractivity contribution in [2.24, 2.45) is 0 Å². The highest BCUT2D eigenvalue weighted by molar-refractivity contribution is 6.30. The van der Waals surface area contributed by atoms with Crippen molar-refractivity contribution >= 4 is 29.1 Å². The van der Waals surface area contributed by atoms with Crippen LogP contribution in [0.2, 0.25) is 5.02 Å². The number of rotatable bonds is 2. The Morgan fingerprint density at radius 2 is 1.88 bits per heavy atom. The van der Waals surface area contributed by atoms with E-state index in [4.69, 9.17) is 17.3 Å². The van der Waals surface area contributed by atoms with Gasteiger partial charge in [0.2, 0.25) is 11.8 Å². The number of carbonyl (C=O) groups excluding carboxylic acids is 2. The second-order valence-corrected chi connectivity index (χ2v) is 4.51. The molecule has 0 unspecified atom stereocenters. The van der Waals surface area contributed by atoms with E-state index in [0.29, 0.717) is 30.0 Å². The van der Waals surface area contributed by atoms with Gasteiger partial charge in [0, 0.05) is 23.6 Å². The molecular weight excluding hydrogens is 240 g/mol. The second-order valence-electron chi connectivity index (χ2n) is 4.07. The number of amides is 2. The van der Waals surface area contributed by atoms with Crippen molar-refractivity contribution in [2.75, 3.05) is 5.73 Å². The Kier molecular flexibility index (Phi) is 3.33. The number of nitrogen functional groups attached to an aromatic ring is 1. The van der Waals surface area contributed by atoms with Crippen molar-refractivity contribution in [3.63, 3.8) is 0 Å². The van der Waals surface area contributed by atoms with Crippen LogP contribution in [0.4, 0.5) is 5.69 Å². The van der Waals surface area contributed by atoms with Gasteiger partial charge in [0.05, 0.1) is 6.54 Å². The predicted molar refractivity (Wildman–Crippen MR) is 65.3 cm³/mol. The highest BCUT2D eigenvalue weighted by Crippen LogP contribution is 2.22. The minimum Gasteiger partial charge on any atom is -0.398 e. The number of halogens is 1. The Bertz CT molecular complexity index is 458. The monoisotopic (exact) mass is 252 g/mol. The van der Waals surface area contributed by atoms with Crippen LogP contribution in [0, 0.1) is 0 Å². The first kappa shape index (κ1) is 11.9. The molecule has 1 aromatic rings. The molecule has 1 saturated heterocycles. The number of likely N-dealkylation sites (tertiary alicyclic amines) is 1. The van der Waals surface area contributed by atoms with E-state index in [1.54, 1.807) is 18.2 Å². The van der Waals surface area contributed by atoms with Gasteiger partial charge >= 0.3 is 0 Å². The van der Waals surface area contributed by atoms with Crippen LogP contribution in [0.15, 0.2) is 18.2 Å². The second kappa shape index (κ2) is 4.75. The molecule has 0 atom stereocenters. The van der Waals surface area contributed by atoms with Crippen molar-refractivity contribution in [2.45, 2.75) is 25.8 Å². The van der Waals surface area contributed by atoms with Crippen LogP contribution >= 0.6 is 11.6 Å². The number of anilines is 1. The molecule has 0 radical (unpaired) electrons. The van der Waals surface area contributed by atoms with Crippen LogP contribution in [-0.2, 0) is 16.1 Å². The molecule has 1 heterocycles. The van der Waals surface area contributed by atoms with Crippen LogP contribution < -0.4 is 5.73 Å². The van der Waals surface area contributed by atoms with Gasteiger partial charge in [0.15, 0.2) is 0 Å². The van der Waals surface area contributed by atoms with E-state index in [1.165, 1.54) is 4.90 Å². The minimum absolute atomic E-state index is 0.129. The molecular formula is C12H13ClN2O2. The minimum atomic E-state index is -0.129. The van der Waals surface area contributed by atoms with Gasteiger partial charge in [-0.05, 0) is 24.1 Å². The molecule has 2 amide bonds. The number of hydrogen-bond donors (Lipinski definition) is 1. The van der Waals surface area contributed by atoms with Crippen LogP contribution in [0.3, 0.4) is 0 Å². The number of nitrogens with zero attached hydrogens (tertiary/aromatic N) is 1. The van der Waals surface area contributed by atoms with Gasteiger partial charge in [0.25, 0.3) is 0 Å². The fourth-order valence-electron chi connectivity index (χ4n) is 1.86. The topological polar surface area (TPSA) is 63.4 Å². The average Bonchev–Trinajstić information content (AvgIpc) is 2.26. The fourth-order valence-corrected chi connectivity index (χ4v) is 2.04. The van der Waals surface area contributed by atoms with Crippen molar-refractivity contribution in [1.82, 2.24) is 4.90 Å². The van der Waals surface area contributed by atoms with E-state index in [-0.39, 0.29) is 18.4 Å². The molecule has 4 nitrogen and oxygen atoms in total. The van der Waals surface area contributed by atoms with E-state index in [9.17, 15) is 9.59 Å². The Morgan fingerprint density at radius 1 is 1.24 bits per heavy atom. The maximum atomic E-state index is 11.6. The number of benzene rings is 1. The summed E-state index contributed by atoms with van der Waals surface area (Å²) < 4.78 is 0. The van der Waals surface area contributed by atoms with Crippen molar-refractivity contribution in [3.05, 3.63) is 28.8 Å². The SMILES string of the molecule is Nc1cc(Cl)ccc1CN1C(=O)CCCC1=O. The zero-order valence-corrected chi connectivity index (χ0v) is 10.0. The molecule has 5 heteroatoms. The van der Waals surface area contributed by atoms with Gasteiger partial charge in [-0.1, -0.05) is 17.7 Å². The molecule has 0 aliphatic carbocycles. The smallest absolute Gasteiger partial charge is 0.229 e.